The van der Waals surface area contributed by atoms with Gasteiger partial charge >= 0.3 is 5.82 Å². The van der Waals surface area contributed by atoms with Gasteiger partial charge in [-0.05, 0) is 24.0 Å². The van der Waals surface area contributed by atoms with Crippen molar-refractivity contribution < 1.29 is 4.92 Å². The van der Waals surface area contributed by atoms with Crippen LogP contribution in [0.2, 0.25) is 0 Å². The minimum atomic E-state index is -0.412. The third-order valence-corrected chi connectivity index (χ3v) is 3.93. The molecule has 0 saturated heterocycles. The van der Waals surface area contributed by atoms with Gasteiger partial charge in [-0.3, -0.25) is 0 Å². The summed E-state index contributed by atoms with van der Waals surface area (Å²) in [5, 5.41) is 19.4. The number of para-hydroxylation sites is 1. The van der Waals surface area contributed by atoms with Gasteiger partial charge in [0.25, 0.3) is 4.96 Å². The van der Waals surface area contributed by atoms with E-state index in [-0.39, 0.29) is 11.9 Å². The van der Waals surface area contributed by atoms with Gasteiger partial charge in [-0.25, -0.2) is 0 Å². The molecule has 7 nitrogen and oxygen atoms in total. The number of hydrogen-bond acceptors (Lipinski definition) is 6. The first-order valence-electron chi connectivity index (χ1n) is 6.80. The Labute approximate surface area is 130 Å². The molecule has 1 atom stereocenters. The summed E-state index contributed by atoms with van der Waals surface area (Å²) in [6.45, 7) is 2.53. The molecule has 0 spiro atoms. The molecule has 2 aromatic heterocycles. The maximum atomic E-state index is 11.2. The second kappa shape index (κ2) is 6.02. The van der Waals surface area contributed by atoms with Gasteiger partial charge in [0.15, 0.2) is 0 Å². The second-order valence-electron chi connectivity index (χ2n) is 4.89. The normalized spacial score (nSPS) is 12.2. The van der Waals surface area contributed by atoms with Crippen molar-refractivity contribution in [3.05, 3.63) is 52.0 Å². The largest absolute Gasteiger partial charge is 0.381 e. The monoisotopic (exact) mass is 317 g/mol. The molecule has 3 aromatic rings. The van der Waals surface area contributed by atoms with E-state index in [1.54, 1.807) is 11.6 Å². The van der Waals surface area contributed by atoms with Crippen LogP contribution in [-0.2, 0) is 0 Å². The Kier molecular flexibility index (Phi) is 3.92. The van der Waals surface area contributed by atoms with Crippen molar-refractivity contribution in [2.24, 2.45) is 0 Å². The van der Waals surface area contributed by atoms with Gasteiger partial charge in [0.05, 0.1) is 0 Å². The van der Waals surface area contributed by atoms with Crippen molar-refractivity contribution in [3.63, 3.8) is 0 Å². The number of hydrogen-bond donors (Lipinski definition) is 2. The fourth-order valence-electron chi connectivity index (χ4n) is 2.19. The zero-order valence-corrected chi connectivity index (χ0v) is 12.7. The molecule has 1 aromatic carbocycles. The Hall–Kier alpha value is -2.61. The van der Waals surface area contributed by atoms with Gasteiger partial charge in [-0.15, -0.1) is 0 Å². The maximum Gasteiger partial charge on any atom is 0.372 e. The summed E-state index contributed by atoms with van der Waals surface area (Å²) in [5.74, 6) is 0.279. The SMILES string of the molecule is CC(CNc1nc2sccn2c1[N+](=O)[O-])Nc1ccccc1. The third-order valence-electron chi connectivity index (χ3n) is 3.17. The van der Waals surface area contributed by atoms with Crippen LogP contribution in [-0.4, -0.2) is 26.9 Å². The predicted molar refractivity (Wildman–Crippen MR) is 87.7 cm³/mol. The molecule has 0 fully saturated rings. The van der Waals surface area contributed by atoms with Gasteiger partial charge in [0.1, 0.15) is 6.20 Å². The predicted octanol–water partition coefficient (Wildman–Crippen LogP) is 3.22. The van der Waals surface area contributed by atoms with Crippen LogP contribution < -0.4 is 10.6 Å². The van der Waals surface area contributed by atoms with Gasteiger partial charge < -0.3 is 20.7 Å². The Bertz CT molecular complexity index is 783. The maximum absolute atomic E-state index is 11.2. The van der Waals surface area contributed by atoms with Crippen LogP contribution in [0, 0.1) is 10.1 Å². The number of anilines is 2. The molecular weight excluding hydrogens is 302 g/mol. The summed E-state index contributed by atoms with van der Waals surface area (Å²) in [6, 6.07) is 9.92. The Morgan fingerprint density at radius 1 is 1.41 bits per heavy atom. The number of nitro groups is 1. The highest BCUT2D eigenvalue weighted by Gasteiger charge is 2.23. The Morgan fingerprint density at radius 2 is 2.18 bits per heavy atom. The van der Waals surface area contributed by atoms with Crippen LogP contribution in [0.4, 0.5) is 17.3 Å². The molecule has 114 valence electrons. The Morgan fingerprint density at radius 3 is 2.91 bits per heavy atom. The van der Waals surface area contributed by atoms with E-state index in [0.29, 0.717) is 17.3 Å². The zero-order chi connectivity index (χ0) is 15.5. The van der Waals surface area contributed by atoms with E-state index in [9.17, 15) is 10.1 Å². The van der Waals surface area contributed by atoms with E-state index >= 15 is 0 Å². The molecule has 8 heteroatoms. The molecule has 0 radical (unpaired) electrons. The molecule has 0 bridgehead atoms. The van der Waals surface area contributed by atoms with Crippen LogP contribution in [0.25, 0.3) is 4.96 Å². The number of thiazole rings is 1. The molecular formula is C14H15N5O2S. The molecule has 2 heterocycles. The number of fused-ring (bicyclic) bond motifs is 1. The first-order chi connectivity index (χ1) is 10.6. The lowest BCUT2D eigenvalue weighted by Crippen LogP contribution is -2.25. The summed E-state index contributed by atoms with van der Waals surface area (Å²) in [7, 11) is 0. The zero-order valence-electron chi connectivity index (χ0n) is 11.9. The Balaban J connectivity index is 1.69. The van der Waals surface area contributed by atoms with E-state index in [0.717, 1.165) is 5.69 Å². The molecule has 3 rings (SSSR count). The van der Waals surface area contributed by atoms with Crippen molar-refractivity contribution in [2.45, 2.75) is 13.0 Å². The van der Waals surface area contributed by atoms with Crippen LogP contribution in [0.1, 0.15) is 6.92 Å². The second-order valence-corrected chi connectivity index (χ2v) is 5.76. The molecule has 1 unspecified atom stereocenters. The lowest BCUT2D eigenvalue weighted by atomic mass is 10.2. The molecule has 0 saturated carbocycles. The number of nitrogens with zero attached hydrogens (tertiary/aromatic N) is 3. The van der Waals surface area contributed by atoms with Gasteiger partial charge in [0, 0.05) is 23.7 Å². The molecule has 22 heavy (non-hydrogen) atoms. The van der Waals surface area contributed by atoms with E-state index < -0.39 is 4.92 Å². The smallest absolute Gasteiger partial charge is 0.372 e. The minimum Gasteiger partial charge on any atom is -0.381 e. The van der Waals surface area contributed by atoms with Crippen LogP contribution in [0.3, 0.4) is 0 Å². The van der Waals surface area contributed by atoms with Crippen molar-refractivity contribution >= 4 is 33.6 Å². The fourth-order valence-corrected chi connectivity index (χ4v) is 2.90. The summed E-state index contributed by atoms with van der Waals surface area (Å²) in [6.07, 6.45) is 1.65. The molecule has 2 N–H and O–H groups in total. The quantitative estimate of drug-likeness (QED) is 0.538. The van der Waals surface area contributed by atoms with Crippen molar-refractivity contribution in [3.8, 4) is 0 Å². The van der Waals surface area contributed by atoms with Crippen molar-refractivity contribution in [1.82, 2.24) is 9.38 Å². The van der Waals surface area contributed by atoms with Gasteiger partial charge in [0.2, 0.25) is 5.82 Å². The number of nitrogens with one attached hydrogen (secondary N) is 2. The fraction of sp³-hybridized carbons (Fsp3) is 0.214. The summed E-state index contributed by atoms with van der Waals surface area (Å²) in [4.78, 5) is 15.7. The first kappa shape index (κ1) is 14.3. The number of benzene rings is 1. The molecule has 0 amide bonds. The standard InChI is InChI=1S/C14H15N5O2S/c1-10(16-11-5-3-2-4-6-11)9-15-12-13(19(20)21)18-7-8-22-14(18)17-12/h2-8,10,15-16H,9H2,1H3. The molecule has 0 aliphatic carbocycles. The number of rotatable bonds is 6. The van der Waals surface area contributed by atoms with E-state index in [1.807, 2.05) is 37.3 Å². The van der Waals surface area contributed by atoms with E-state index in [4.69, 9.17) is 0 Å². The lowest BCUT2D eigenvalue weighted by Gasteiger charge is -2.15. The molecule has 0 aliphatic heterocycles. The van der Waals surface area contributed by atoms with Crippen molar-refractivity contribution in [2.75, 3.05) is 17.2 Å². The van der Waals surface area contributed by atoms with Crippen LogP contribution in [0.15, 0.2) is 41.9 Å². The average molecular weight is 317 g/mol. The number of aromatic nitrogens is 2. The van der Waals surface area contributed by atoms with Gasteiger partial charge in [-0.1, -0.05) is 29.5 Å². The van der Waals surface area contributed by atoms with Gasteiger partial charge in [-0.2, -0.15) is 9.38 Å². The lowest BCUT2D eigenvalue weighted by molar-refractivity contribution is -0.389. The summed E-state index contributed by atoms with van der Waals surface area (Å²) >= 11 is 1.37. The highest BCUT2D eigenvalue weighted by atomic mass is 32.1. The third kappa shape index (κ3) is 2.86. The highest BCUT2D eigenvalue weighted by Crippen LogP contribution is 2.27. The highest BCUT2D eigenvalue weighted by molar-refractivity contribution is 7.15. The number of imidazole rings is 1. The van der Waals surface area contributed by atoms with E-state index in [1.165, 1.54) is 15.7 Å². The van der Waals surface area contributed by atoms with Crippen molar-refractivity contribution in [1.29, 1.82) is 0 Å². The minimum absolute atomic E-state index is 0.0249. The average Bonchev–Trinajstić information content (AvgIpc) is 3.05. The topological polar surface area (TPSA) is 84.5 Å². The van der Waals surface area contributed by atoms with E-state index in [2.05, 4.69) is 15.6 Å². The first-order valence-corrected chi connectivity index (χ1v) is 7.68. The van der Waals surface area contributed by atoms with Crippen LogP contribution in [0.5, 0.6) is 0 Å². The molecule has 0 aliphatic rings. The summed E-state index contributed by atoms with van der Waals surface area (Å²) < 4.78 is 1.49. The summed E-state index contributed by atoms with van der Waals surface area (Å²) in [5.41, 5.74) is 1.01. The van der Waals surface area contributed by atoms with Crippen LogP contribution >= 0.6 is 11.3 Å².